The number of rotatable bonds is 6. The Morgan fingerprint density at radius 3 is 2.42 bits per heavy atom. The number of halogens is 1. The molecule has 2 aliphatic carbocycles. The molecule has 0 spiro atoms. The molecule has 2 saturated carbocycles. The van der Waals surface area contributed by atoms with Crippen LogP contribution in [0.25, 0.3) is 0 Å². The molecule has 0 bridgehead atoms. The van der Waals surface area contributed by atoms with Gasteiger partial charge in [0, 0.05) is 23.8 Å². The van der Waals surface area contributed by atoms with E-state index in [0.29, 0.717) is 23.2 Å². The smallest absolute Gasteiger partial charge is 0.319 e. The summed E-state index contributed by atoms with van der Waals surface area (Å²) in [6.45, 7) is 0. The summed E-state index contributed by atoms with van der Waals surface area (Å²) in [4.78, 5) is 12.6. The van der Waals surface area contributed by atoms with Gasteiger partial charge in [-0.1, -0.05) is 31.0 Å². The molecule has 4 rings (SSSR count). The van der Waals surface area contributed by atoms with Crippen molar-refractivity contribution in [3.63, 3.8) is 0 Å². The molecule has 5 nitrogen and oxygen atoms in total. The van der Waals surface area contributed by atoms with E-state index in [1.54, 1.807) is 36.4 Å². The minimum Gasteiger partial charge on any atom is -0.334 e. The van der Waals surface area contributed by atoms with Crippen LogP contribution in [-0.4, -0.2) is 24.2 Å². The van der Waals surface area contributed by atoms with Crippen molar-refractivity contribution < 1.29 is 9.18 Å². The highest BCUT2D eigenvalue weighted by atomic mass is 19.1. The first-order valence-electron chi connectivity index (χ1n) is 12.2. The van der Waals surface area contributed by atoms with Gasteiger partial charge < -0.3 is 16.0 Å². The van der Waals surface area contributed by atoms with Crippen molar-refractivity contribution in [1.29, 1.82) is 5.26 Å². The van der Waals surface area contributed by atoms with E-state index in [2.05, 4.69) is 22.0 Å². The van der Waals surface area contributed by atoms with Gasteiger partial charge in [-0.25, -0.2) is 9.18 Å². The number of carbonyl (C=O) groups is 1. The van der Waals surface area contributed by atoms with E-state index in [-0.39, 0.29) is 23.9 Å². The maximum atomic E-state index is 13.1. The molecule has 0 radical (unpaired) electrons. The first-order chi connectivity index (χ1) is 16.1. The number of benzene rings is 2. The quantitative estimate of drug-likeness (QED) is 0.544. The molecule has 3 N–H and O–H groups in total. The molecule has 2 aliphatic rings. The largest absolute Gasteiger partial charge is 0.334 e. The van der Waals surface area contributed by atoms with Crippen molar-refractivity contribution in [1.82, 2.24) is 10.6 Å². The standard InChI is InChI=1S/C27H33FN4O/c28-22-12-8-19(9-13-22)16-20-10-14-23(15-11-20)30-25-6-1-2-7-26(25)32-27(33)31-24-5-3-4-21(17-24)18-29/h3-5,8-9,12-13,17,20,23,25-26,30H,1-2,6-7,10-11,14-16H2,(H2,31,32,33)/t20?,23?,25-,26?/m1/s1. The Bertz CT molecular complexity index is 963. The average Bonchev–Trinajstić information content (AvgIpc) is 2.83. The fraction of sp³-hybridized carbons (Fsp3) is 0.481. The van der Waals surface area contributed by atoms with Gasteiger partial charge in [0.2, 0.25) is 0 Å². The summed E-state index contributed by atoms with van der Waals surface area (Å²) in [5.41, 5.74) is 2.38. The molecule has 2 aromatic carbocycles. The Balaban J connectivity index is 1.25. The Labute approximate surface area is 195 Å². The summed E-state index contributed by atoms with van der Waals surface area (Å²) < 4.78 is 13.1. The molecule has 2 amide bonds. The third-order valence-corrected chi connectivity index (χ3v) is 7.07. The maximum Gasteiger partial charge on any atom is 0.319 e. The molecule has 174 valence electrons. The van der Waals surface area contributed by atoms with E-state index >= 15 is 0 Å². The molecule has 0 aromatic heterocycles. The number of nitrogens with one attached hydrogen (secondary N) is 3. The second kappa shape index (κ2) is 11.3. The van der Waals surface area contributed by atoms with Gasteiger partial charge in [0.25, 0.3) is 0 Å². The summed E-state index contributed by atoms with van der Waals surface area (Å²) in [6, 6.07) is 16.6. The van der Waals surface area contributed by atoms with Crippen LogP contribution in [0.3, 0.4) is 0 Å². The lowest BCUT2D eigenvalue weighted by Gasteiger charge is -2.38. The van der Waals surface area contributed by atoms with Crippen molar-refractivity contribution in [3.05, 3.63) is 65.5 Å². The number of anilines is 1. The highest BCUT2D eigenvalue weighted by Gasteiger charge is 2.30. The zero-order chi connectivity index (χ0) is 23.0. The van der Waals surface area contributed by atoms with Crippen LogP contribution in [-0.2, 0) is 6.42 Å². The number of hydrogen-bond donors (Lipinski definition) is 3. The number of carbonyl (C=O) groups excluding carboxylic acids is 1. The summed E-state index contributed by atoms with van der Waals surface area (Å²) in [6.07, 6.45) is 10.0. The molecule has 0 aliphatic heterocycles. The lowest BCUT2D eigenvalue weighted by atomic mass is 9.81. The molecule has 2 fully saturated rings. The van der Waals surface area contributed by atoms with Gasteiger partial charge in [0.05, 0.1) is 11.6 Å². The molecule has 6 heteroatoms. The van der Waals surface area contributed by atoms with E-state index in [0.717, 1.165) is 38.5 Å². The minimum atomic E-state index is -0.216. The Morgan fingerprint density at radius 1 is 0.970 bits per heavy atom. The third-order valence-electron chi connectivity index (χ3n) is 7.07. The van der Waals surface area contributed by atoms with Crippen LogP contribution in [0.2, 0.25) is 0 Å². The van der Waals surface area contributed by atoms with Gasteiger partial charge in [0.15, 0.2) is 0 Å². The topological polar surface area (TPSA) is 77.0 Å². The van der Waals surface area contributed by atoms with E-state index < -0.39 is 0 Å². The van der Waals surface area contributed by atoms with E-state index in [1.165, 1.54) is 24.8 Å². The van der Waals surface area contributed by atoms with Crippen LogP contribution in [0.5, 0.6) is 0 Å². The van der Waals surface area contributed by atoms with Crippen molar-refractivity contribution in [3.8, 4) is 6.07 Å². The van der Waals surface area contributed by atoms with Crippen molar-refractivity contribution in [2.45, 2.75) is 75.9 Å². The van der Waals surface area contributed by atoms with Gasteiger partial charge >= 0.3 is 6.03 Å². The number of urea groups is 1. The van der Waals surface area contributed by atoms with Gasteiger partial charge in [-0.05, 0) is 86.8 Å². The third kappa shape index (κ3) is 6.79. The Kier molecular flexibility index (Phi) is 7.96. The first-order valence-corrected chi connectivity index (χ1v) is 12.2. The fourth-order valence-electron chi connectivity index (χ4n) is 5.29. The average molecular weight is 449 g/mol. The lowest BCUT2D eigenvalue weighted by molar-refractivity contribution is 0.212. The van der Waals surface area contributed by atoms with Crippen molar-refractivity contribution >= 4 is 11.7 Å². The van der Waals surface area contributed by atoms with E-state index in [1.807, 2.05) is 12.1 Å². The predicted molar refractivity (Wildman–Crippen MR) is 128 cm³/mol. The highest BCUT2D eigenvalue weighted by molar-refractivity contribution is 5.89. The summed E-state index contributed by atoms with van der Waals surface area (Å²) in [5, 5.41) is 18.9. The number of nitriles is 1. The number of amides is 2. The molecule has 1 unspecified atom stereocenters. The second-order valence-electron chi connectivity index (χ2n) is 9.50. The van der Waals surface area contributed by atoms with Gasteiger partial charge in [-0.15, -0.1) is 0 Å². The Morgan fingerprint density at radius 2 is 1.70 bits per heavy atom. The predicted octanol–water partition coefficient (Wildman–Crippen LogP) is 5.52. The lowest BCUT2D eigenvalue weighted by Crippen LogP contribution is -2.55. The van der Waals surface area contributed by atoms with E-state index in [4.69, 9.17) is 5.26 Å². The van der Waals surface area contributed by atoms with Crippen molar-refractivity contribution in [2.75, 3.05) is 5.32 Å². The molecule has 0 heterocycles. The van der Waals surface area contributed by atoms with Crippen molar-refractivity contribution in [2.24, 2.45) is 5.92 Å². The first kappa shape index (κ1) is 23.3. The van der Waals surface area contributed by atoms with Crippen LogP contribution >= 0.6 is 0 Å². The number of nitrogens with zero attached hydrogens (tertiary/aromatic N) is 1. The van der Waals surface area contributed by atoms with Gasteiger partial charge in [-0.2, -0.15) is 5.26 Å². The van der Waals surface area contributed by atoms with Crippen LogP contribution in [0.15, 0.2) is 48.5 Å². The summed E-state index contributed by atoms with van der Waals surface area (Å²) in [5.74, 6) is 0.482. The van der Waals surface area contributed by atoms with Gasteiger partial charge in [-0.3, -0.25) is 0 Å². The maximum absolute atomic E-state index is 13.1. The SMILES string of the molecule is N#Cc1cccc(NC(=O)NC2CCCC[C@H]2NC2CCC(Cc3ccc(F)cc3)CC2)c1. The summed E-state index contributed by atoms with van der Waals surface area (Å²) in [7, 11) is 0. The summed E-state index contributed by atoms with van der Waals surface area (Å²) >= 11 is 0. The molecule has 2 atom stereocenters. The van der Waals surface area contributed by atoms with Crippen LogP contribution in [0.4, 0.5) is 14.9 Å². The molecule has 33 heavy (non-hydrogen) atoms. The van der Waals surface area contributed by atoms with Crippen LogP contribution < -0.4 is 16.0 Å². The highest BCUT2D eigenvalue weighted by Crippen LogP contribution is 2.29. The molecular formula is C27H33FN4O. The Hall–Kier alpha value is -2.91. The molecule has 2 aromatic rings. The fourth-order valence-corrected chi connectivity index (χ4v) is 5.29. The molecular weight excluding hydrogens is 415 g/mol. The zero-order valence-electron chi connectivity index (χ0n) is 19.0. The number of hydrogen-bond acceptors (Lipinski definition) is 3. The van der Waals surface area contributed by atoms with Crippen LogP contribution in [0, 0.1) is 23.1 Å². The normalized spacial score (nSPS) is 25.1. The van der Waals surface area contributed by atoms with Crippen LogP contribution in [0.1, 0.15) is 62.5 Å². The minimum absolute atomic E-state index is 0.106. The monoisotopic (exact) mass is 448 g/mol. The zero-order valence-corrected chi connectivity index (χ0v) is 19.0. The van der Waals surface area contributed by atoms with Gasteiger partial charge in [0.1, 0.15) is 5.82 Å². The molecule has 0 saturated heterocycles. The second-order valence-corrected chi connectivity index (χ2v) is 9.50. The van der Waals surface area contributed by atoms with E-state index in [9.17, 15) is 9.18 Å².